The maximum absolute atomic E-state index is 13.4. The van der Waals surface area contributed by atoms with Crippen molar-refractivity contribution in [1.82, 2.24) is 19.0 Å². The second-order valence-corrected chi connectivity index (χ2v) is 11.2. The molecule has 1 aromatic heterocycles. The first-order chi connectivity index (χ1) is 15.9. The standard InChI is InChI=1S/C25H31N5O2S/c1-19-25(14-27-30(19)23-10-6-3-7-11-23)33(31,32)29-17-21-15-28(16-22(21)18-29)13-12-24(26)20-8-4-2-5-9-20/h2-11,14,21-22,24H,12-13,15-18,26H2,1H3/t21?,22?,24-/m0/s1. The minimum absolute atomic E-state index is 0.0349. The zero-order valence-corrected chi connectivity index (χ0v) is 19.7. The molecule has 2 fully saturated rings. The second kappa shape index (κ2) is 9.02. The smallest absolute Gasteiger partial charge is 0.246 e. The van der Waals surface area contributed by atoms with Crippen LogP contribution in [0, 0.1) is 18.8 Å². The van der Waals surface area contributed by atoms with Gasteiger partial charge in [-0.2, -0.15) is 9.40 Å². The van der Waals surface area contributed by atoms with Crippen molar-refractivity contribution in [3.05, 3.63) is 78.1 Å². The van der Waals surface area contributed by atoms with Crippen LogP contribution in [0.2, 0.25) is 0 Å². The highest BCUT2D eigenvalue weighted by Gasteiger charge is 2.44. The Morgan fingerprint density at radius 3 is 2.21 bits per heavy atom. The molecular formula is C25H31N5O2S. The Kier molecular flexibility index (Phi) is 6.09. The number of rotatable bonds is 7. The largest absolute Gasteiger partial charge is 0.324 e. The van der Waals surface area contributed by atoms with E-state index in [4.69, 9.17) is 5.73 Å². The fourth-order valence-corrected chi connectivity index (χ4v) is 6.92. The third-order valence-electron chi connectivity index (χ3n) is 7.10. The first kappa shape index (κ1) is 22.3. The molecular weight excluding hydrogens is 434 g/mol. The van der Waals surface area contributed by atoms with Crippen molar-refractivity contribution in [2.75, 3.05) is 32.7 Å². The Balaban J connectivity index is 1.21. The Hall–Kier alpha value is -2.52. The summed E-state index contributed by atoms with van der Waals surface area (Å²) < 4.78 is 30.2. The van der Waals surface area contributed by atoms with E-state index >= 15 is 0 Å². The van der Waals surface area contributed by atoms with Crippen molar-refractivity contribution >= 4 is 10.0 Å². The number of nitrogens with zero attached hydrogens (tertiary/aromatic N) is 4. The van der Waals surface area contributed by atoms with Crippen molar-refractivity contribution in [2.24, 2.45) is 17.6 Å². The van der Waals surface area contributed by atoms with Gasteiger partial charge in [-0.25, -0.2) is 13.1 Å². The van der Waals surface area contributed by atoms with E-state index in [0.717, 1.165) is 31.7 Å². The molecule has 2 aliphatic heterocycles. The SMILES string of the molecule is Cc1c(S(=O)(=O)N2CC3CN(CC[C@H](N)c4ccccc4)CC3C2)cnn1-c1ccccc1. The lowest BCUT2D eigenvalue weighted by Crippen LogP contribution is -2.34. The molecule has 7 nitrogen and oxygen atoms in total. The Labute approximate surface area is 195 Å². The van der Waals surface area contributed by atoms with Gasteiger partial charge in [-0.1, -0.05) is 48.5 Å². The van der Waals surface area contributed by atoms with Crippen LogP contribution in [0.5, 0.6) is 0 Å². The molecule has 33 heavy (non-hydrogen) atoms. The summed E-state index contributed by atoms with van der Waals surface area (Å²) in [5, 5.41) is 4.36. The number of hydrogen-bond acceptors (Lipinski definition) is 5. The number of nitrogens with two attached hydrogens (primary N) is 1. The van der Waals surface area contributed by atoms with Crippen LogP contribution >= 0.6 is 0 Å². The predicted octanol–water partition coefficient (Wildman–Crippen LogP) is 2.82. The van der Waals surface area contributed by atoms with Crippen LogP contribution in [-0.4, -0.2) is 60.1 Å². The van der Waals surface area contributed by atoms with Gasteiger partial charge in [-0.15, -0.1) is 0 Å². The van der Waals surface area contributed by atoms with Crippen LogP contribution in [0.25, 0.3) is 5.69 Å². The Morgan fingerprint density at radius 2 is 1.58 bits per heavy atom. The van der Waals surface area contributed by atoms with Crippen LogP contribution in [-0.2, 0) is 10.0 Å². The molecule has 2 unspecified atom stereocenters. The molecule has 174 valence electrons. The van der Waals surface area contributed by atoms with E-state index in [1.807, 2.05) is 55.5 Å². The van der Waals surface area contributed by atoms with E-state index < -0.39 is 10.0 Å². The molecule has 8 heteroatoms. The fourth-order valence-electron chi connectivity index (χ4n) is 5.23. The van der Waals surface area contributed by atoms with Gasteiger partial charge in [0, 0.05) is 32.2 Å². The minimum Gasteiger partial charge on any atom is -0.324 e. The summed E-state index contributed by atoms with van der Waals surface area (Å²) in [7, 11) is -3.57. The van der Waals surface area contributed by atoms with Crippen molar-refractivity contribution in [1.29, 1.82) is 0 Å². The lowest BCUT2D eigenvalue weighted by molar-refractivity contribution is 0.286. The summed E-state index contributed by atoms with van der Waals surface area (Å²) in [6, 6.07) is 19.9. The van der Waals surface area contributed by atoms with Crippen LogP contribution in [0.3, 0.4) is 0 Å². The number of benzene rings is 2. The minimum atomic E-state index is -3.57. The summed E-state index contributed by atoms with van der Waals surface area (Å²) in [5.74, 6) is 0.745. The quantitative estimate of drug-likeness (QED) is 0.580. The molecule has 0 aliphatic carbocycles. The average Bonchev–Trinajstić information content (AvgIpc) is 3.52. The molecule has 0 spiro atoms. The summed E-state index contributed by atoms with van der Waals surface area (Å²) in [6.45, 7) is 5.77. The van der Waals surface area contributed by atoms with E-state index in [9.17, 15) is 8.42 Å². The topological polar surface area (TPSA) is 84.5 Å². The third-order valence-corrected chi connectivity index (χ3v) is 9.03. The highest BCUT2D eigenvalue weighted by atomic mass is 32.2. The lowest BCUT2D eigenvalue weighted by Gasteiger charge is -2.22. The van der Waals surface area contributed by atoms with Gasteiger partial charge in [0.1, 0.15) is 4.90 Å². The maximum atomic E-state index is 13.4. The van der Waals surface area contributed by atoms with Crippen molar-refractivity contribution in [3.8, 4) is 5.69 Å². The van der Waals surface area contributed by atoms with Crippen LogP contribution < -0.4 is 5.73 Å². The number of fused-ring (bicyclic) bond motifs is 1. The molecule has 3 atom stereocenters. The predicted molar refractivity (Wildman–Crippen MR) is 128 cm³/mol. The van der Waals surface area contributed by atoms with Crippen LogP contribution in [0.15, 0.2) is 71.8 Å². The lowest BCUT2D eigenvalue weighted by atomic mass is 10.0. The maximum Gasteiger partial charge on any atom is 0.246 e. The Morgan fingerprint density at radius 1 is 0.970 bits per heavy atom. The van der Waals surface area contributed by atoms with Crippen molar-refractivity contribution in [2.45, 2.75) is 24.3 Å². The summed E-state index contributed by atoms with van der Waals surface area (Å²) in [6.07, 6.45) is 2.40. The molecule has 2 N–H and O–H groups in total. The number of likely N-dealkylation sites (tertiary alicyclic amines) is 1. The van der Waals surface area contributed by atoms with Crippen LogP contribution in [0.1, 0.15) is 23.7 Å². The van der Waals surface area contributed by atoms with E-state index in [1.54, 1.807) is 8.99 Å². The molecule has 5 rings (SSSR count). The molecule has 0 bridgehead atoms. The van der Waals surface area contributed by atoms with Gasteiger partial charge >= 0.3 is 0 Å². The van der Waals surface area contributed by atoms with Gasteiger partial charge in [-0.05, 0) is 49.4 Å². The monoisotopic (exact) mass is 465 g/mol. The zero-order valence-electron chi connectivity index (χ0n) is 18.9. The first-order valence-electron chi connectivity index (χ1n) is 11.6. The molecule has 2 aliphatic rings. The van der Waals surface area contributed by atoms with E-state index in [1.165, 1.54) is 11.8 Å². The summed E-state index contributed by atoms with van der Waals surface area (Å²) >= 11 is 0. The molecule has 3 heterocycles. The normalized spacial score (nSPS) is 22.5. The highest BCUT2D eigenvalue weighted by molar-refractivity contribution is 7.89. The van der Waals surface area contributed by atoms with E-state index in [2.05, 4.69) is 22.1 Å². The van der Waals surface area contributed by atoms with Crippen molar-refractivity contribution in [3.63, 3.8) is 0 Å². The Bertz CT molecular complexity index is 1180. The van der Waals surface area contributed by atoms with Crippen LogP contribution in [0.4, 0.5) is 0 Å². The average molecular weight is 466 g/mol. The molecule has 2 aromatic carbocycles. The van der Waals surface area contributed by atoms with Crippen molar-refractivity contribution < 1.29 is 8.42 Å². The fraction of sp³-hybridized carbons (Fsp3) is 0.400. The number of para-hydroxylation sites is 1. The molecule has 0 amide bonds. The van der Waals surface area contributed by atoms with Gasteiger partial charge in [0.15, 0.2) is 0 Å². The second-order valence-electron chi connectivity index (χ2n) is 9.25. The number of hydrogen-bond donors (Lipinski definition) is 1. The van der Waals surface area contributed by atoms with E-state index in [0.29, 0.717) is 35.5 Å². The summed E-state index contributed by atoms with van der Waals surface area (Å²) in [4.78, 5) is 2.75. The van der Waals surface area contributed by atoms with E-state index in [-0.39, 0.29) is 6.04 Å². The molecule has 0 saturated carbocycles. The highest BCUT2D eigenvalue weighted by Crippen LogP contribution is 2.35. The van der Waals surface area contributed by atoms with Gasteiger partial charge in [0.25, 0.3) is 0 Å². The van der Waals surface area contributed by atoms with Gasteiger partial charge in [0.05, 0.1) is 17.6 Å². The van der Waals surface area contributed by atoms with Gasteiger partial charge in [0.2, 0.25) is 10.0 Å². The van der Waals surface area contributed by atoms with Gasteiger partial charge < -0.3 is 10.6 Å². The number of aromatic nitrogens is 2. The molecule has 2 saturated heterocycles. The van der Waals surface area contributed by atoms with Gasteiger partial charge in [-0.3, -0.25) is 0 Å². The number of sulfonamides is 1. The molecule has 3 aromatic rings. The molecule has 0 radical (unpaired) electrons. The zero-order chi connectivity index (χ0) is 23.0. The first-order valence-corrected chi connectivity index (χ1v) is 13.0. The third kappa shape index (κ3) is 4.36. The summed E-state index contributed by atoms with van der Waals surface area (Å²) in [5.41, 5.74) is 9.04.